The lowest BCUT2D eigenvalue weighted by Gasteiger charge is -2.31. The Balaban J connectivity index is 1.29. The predicted octanol–water partition coefficient (Wildman–Crippen LogP) is 3.83. The average Bonchev–Trinajstić information content (AvgIpc) is 3.34. The number of methoxy groups -OCH3 is 1. The molecule has 0 radical (unpaired) electrons. The van der Waals surface area contributed by atoms with Crippen LogP contribution in [0.5, 0.6) is 5.75 Å². The molecule has 1 amide bonds. The largest absolute Gasteiger partial charge is 0.497 e. The highest BCUT2D eigenvalue weighted by Crippen LogP contribution is 2.28. The van der Waals surface area contributed by atoms with E-state index in [4.69, 9.17) is 9.26 Å². The van der Waals surface area contributed by atoms with Crippen LogP contribution in [0.1, 0.15) is 50.1 Å². The molecule has 3 heterocycles. The molecule has 1 saturated heterocycles. The van der Waals surface area contributed by atoms with Gasteiger partial charge in [-0.1, -0.05) is 37.2 Å². The smallest absolute Gasteiger partial charge is 0.234 e. The van der Waals surface area contributed by atoms with Crippen molar-refractivity contribution in [3.8, 4) is 17.3 Å². The first-order chi connectivity index (χ1) is 16.0. The van der Waals surface area contributed by atoms with Crippen LogP contribution in [0.15, 0.2) is 53.2 Å². The molecule has 8 heteroatoms. The third kappa shape index (κ3) is 5.76. The molecular weight excluding hydrogens is 418 g/mol. The molecule has 1 fully saturated rings. The van der Waals surface area contributed by atoms with E-state index < -0.39 is 0 Å². The number of aromatic nitrogens is 3. The van der Waals surface area contributed by atoms with E-state index in [2.05, 4.69) is 39.2 Å². The molecule has 1 unspecified atom stereocenters. The SMILES string of the molecule is COc1ccc(C(NC(=O)CN2CCC(c3nc(-c4ccccn4)no3)CC2)C(C)C)cc1. The second-order valence-corrected chi connectivity index (χ2v) is 8.78. The van der Waals surface area contributed by atoms with Crippen molar-refractivity contribution >= 4 is 5.91 Å². The fraction of sp³-hybridized carbons (Fsp3) is 0.440. The maximum atomic E-state index is 12.8. The zero-order chi connectivity index (χ0) is 23.2. The Morgan fingerprint density at radius 2 is 1.94 bits per heavy atom. The molecule has 0 bridgehead atoms. The number of likely N-dealkylation sites (tertiary alicyclic amines) is 1. The van der Waals surface area contributed by atoms with E-state index in [9.17, 15) is 4.79 Å². The van der Waals surface area contributed by atoms with Crippen LogP contribution in [-0.2, 0) is 4.79 Å². The molecule has 0 saturated carbocycles. The van der Waals surface area contributed by atoms with E-state index in [1.54, 1.807) is 13.3 Å². The molecule has 1 aliphatic heterocycles. The van der Waals surface area contributed by atoms with Crippen LogP contribution in [0, 0.1) is 5.92 Å². The number of rotatable bonds is 8. The maximum absolute atomic E-state index is 12.8. The van der Waals surface area contributed by atoms with E-state index in [1.807, 2.05) is 42.5 Å². The van der Waals surface area contributed by atoms with Crippen LogP contribution >= 0.6 is 0 Å². The minimum absolute atomic E-state index is 0.0376. The van der Waals surface area contributed by atoms with Gasteiger partial charge in [-0.15, -0.1) is 0 Å². The average molecular weight is 450 g/mol. The Bertz CT molecular complexity index is 1030. The highest BCUT2D eigenvalue weighted by atomic mass is 16.5. The lowest BCUT2D eigenvalue weighted by Crippen LogP contribution is -2.43. The third-order valence-corrected chi connectivity index (χ3v) is 6.10. The molecule has 1 atom stereocenters. The zero-order valence-corrected chi connectivity index (χ0v) is 19.4. The van der Waals surface area contributed by atoms with Crippen molar-refractivity contribution in [3.63, 3.8) is 0 Å². The van der Waals surface area contributed by atoms with Gasteiger partial charge >= 0.3 is 0 Å². The van der Waals surface area contributed by atoms with Gasteiger partial charge in [0.05, 0.1) is 19.7 Å². The van der Waals surface area contributed by atoms with Crippen molar-refractivity contribution in [1.29, 1.82) is 0 Å². The first kappa shape index (κ1) is 22.9. The van der Waals surface area contributed by atoms with Crippen LogP contribution in [-0.4, -0.2) is 52.7 Å². The molecular formula is C25H31N5O3. The summed E-state index contributed by atoms with van der Waals surface area (Å²) in [6.07, 6.45) is 3.47. The van der Waals surface area contributed by atoms with Crippen molar-refractivity contribution in [2.24, 2.45) is 5.92 Å². The van der Waals surface area contributed by atoms with Gasteiger partial charge in [0.2, 0.25) is 17.6 Å². The topological polar surface area (TPSA) is 93.4 Å². The van der Waals surface area contributed by atoms with E-state index in [0.717, 1.165) is 37.2 Å². The standard InChI is InChI=1S/C25H31N5O3/c1-17(2)23(18-7-9-20(32-3)10-8-18)27-22(31)16-30-14-11-19(12-15-30)25-28-24(29-33-25)21-6-4-5-13-26-21/h4-10,13,17,19,23H,11-12,14-16H2,1-3H3,(H,27,31). The zero-order valence-electron chi connectivity index (χ0n) is 19.4. The molecule has 33 heavy (non-hydrogen) atoms. The Morgan fingerprint density at radius 1 is 1.18 bits per heavy atom. The van der Waals surface area contributed by atoms with Crippen LogP contribution in [0.4, 0.5) is 0 Å². The number of carbonyl (C=O) groups is 1. The molecule has 4 rings (SSSR count). The van der Waals surface area contributed by atoms with Crippen molar-refractivity contribution in [2.75, 3.05) is 26.7 Å². The molecule has 0 spiro atoms. The molecule has 1 aromatic carbocycles. The lowest BCUT2D eigenvalue weighted by molar-refractivity contribution is -0.123. The number of nitrogens with one attached hydrogen (secondary N) is 1. The Kier molecular flexibility index (Phi) is 7.34. The fourth-order valence-electron chi connectivity index (χ4n) is 4.21. The minimum atomic E-state index is -0.0376. The fourth-order valence-corrected chi connectivity index (χ4v) is 4.21. The molecule has 3 aromatic rings. The van der Waals surface area contributed by atoms with E-state index in [1.165, 1.54) is 0 Å². The second kappa shape index (κ2) is 10.6. The number of ether oxygens (including phenoxy) is 1. The third-order valence-electron chi connectivity index (χ3n) is 6.10. The van der Waals surface area contributed by atoms with E-state index in [-0.39, 0.29) is 23.8 Å². The normalized spacial score (nSPS) is 16.0. The number of nitrogens with zero attached hydrogens (tertiary/aromatic N) is 4. The molecule has 1 aliphatic rings. The lowest BCUT2D eigenvalue weighted by atomic mass is 9.95. The Hall–Kier alpha value is -3.26. The van der Waals surface area contributed by atoms with Crippen LogP contribution in [0.3, 0.4) is 0 Å². The molecule has 1 N–H and O–H groups in total. The van der Waals surface area contributed by atoms with Gasteiger partial charge in [-0.3, -0.25) is 14.7 Å². The van der Waals surface area contributed by atoms with Gasteiger partial charge in [-0.25, -0.2) is 0 Å². The van der Waals surface area contributed by atoms with Gasteiger partial charge in [0.25, 0.3) is 0 Å². The number of hydrogen-bond acceptors (Lipinski definition) is 7. The molecule has 8 nitrogen and oxygen atoms in total. The van der Waals surface area contributed by atoms with E-state index in [0.29, 0.717) is 24.0 Å². The van der Waals surface area contributed by atoms with Crippen molar-refractivity contribution in [1.82, 2.24) is 25.3 Å². The van der Waals surface area contributed by atoms with Gasteiger partial charge in [0.1, 0.15) is 11.4 Å². The number of benzene rings is 1. The highest BCUT2D eigenvalue weighted by molar-refractivity contribution is 5.78. The number of hydrogen-bond donors (Lipinski definition) is 1. The van der Waals surface area contributed by atoms with Gasteiger partial charge < -0.3 is 14.6 Å². The summed E-state index contributed by atoms with van der Waals surface area (Å²) in [6.45, 7) is 6.24. The number of pyridine rings is 1. The maximum Gasteiger partial charge on any atom is 0.234 e. The van der Waals surface area contributed by atoms with Crippen molar-refractivity contribution < 1.29 is 14.1 Å². The van der Waals surface area contributed by atoms with Gasteiger partial charge in [-0.05, 0) is 61.7 Å². The van der Waals surface area contributed by atoms with E-state index >= 15 is 0 Å². The summed E-state index contributed by atoms with van der Waals surface area (Å²) in [4.78, 5) is 23.8. The molecule has 0 aliphatic carbocycles. The van der Waals surface area contributed by atoms with Gasteiger partial charge in [0, 0.05) is 12.1 Å². The first-order valence-corrected chi connectivity index (χ1v) is 11.4. The molecule has 2 aromatic heterocycles. The summed E-state index contributed by atoms with van der Waals surface area (Å²) in [5.74, 6) is 2.50. The monoisotopic (exact) mass is 449 g/mol. The summed E-state index contributed by atoms with van der Waals surface area (Å²) in [6, 6.07) is 13.5. The van der Waals surface area contributed by atoms with Crippen LogP contribution < -0.4 is 10.1 Å². The summed E-state index contributed by atoms with van der Waals surface area (Å²) in [5, 5.41) is 7.30. The summed E-state index contributed by atoms with van der Waals surface area (Å²) < 4.78 is 10.8. The number of carbonyl (C=O) groups excluding carboxylic acids is 1. The second-order valence-electron chi connectivity index (χ2n) is 8.78. The number of piperidine rings is 1. The minimum Gasteiger partial charge on any atom is -0.497 e. The summed E-state index contributed by atoms with van der Waals surface area (Å²) >= 11 is 0. The van der Waals surface area contributed by atoms with Crippen LogP contribution in [0.25, 0.3) is 11.5 Å². The van der Waals surface area contributed by atoms with Gasteiger partial charge in [-0.2, -0.15) is 4.98 Å². The predicted molar refractivity (Wildman–Crippen MR) is 125 cm³/mol. The van der Waals surface area contributed by atoms with Crippen molar-refractivity contribution in [3.05, 3.63) is 60.1 Å². The molecule has 174 valence electrons. The van der Waals surface area contributed by atoms with Crippen molar-refractivity contribution in [2.45, 2.75) is 38.6 Å². The van der Waals surface area contributed by atoms with Crippen LogP contribution in [0.2, 0.25) is 0 Å². The summed E-state index contributed by atoms with van der Waals surface area (Å²) in [5.41, 5.74) is 1.79. The quantitative estimate of drug-likeness (QED) is 0.558. The van der Waals surface area contributed by atoms with Gasteiger partial charge in [0.15, 0.2) is 0 Å². The number of amides is 1. The Labute approximate surface area is 194 Å². The highest BCUT2D eigenvalue weighted by Gasteiger charge is 2.27. The first-order valence-electron chi connectivity index (χ1n) is 11.4. The Morgan fingerprint density at radius 3 is 2.58 bits per heavy atom. The summed E-state index contributed by atoms with van der Waals surface area (Å²) in [7, 11) is 1.65.